The van der Waals surface area contributed by atoms with Gasteiger partial charge in [0, 0.05) is 18.5 Å². The average Bonchev–Trinajstić information content (AvgIpc) is 2.08. The molecule has 8 heteroatoms. The maximum atomic E-state index is 11.1. The lowest BCUT2D eigenvalue weighted by Gasteiger charge is -2.14. The third-order valence-corrected chi connectivity index (χ3v) is 3.38. The monoisotopic (exact) mass is 308 g/mol. The van der Waals surface area contributed by atoms with E-state index in [-0.39, 0.29) is 17.7 Å². The van der Waals surface area contributed by atoms with Crippen molar-refractivity contribution in [2.45, 2.75) is 13.0 Å². The van der Waals surface area contributed by atoms with E-state index in [1.165, 1.54) is 12.5 Å². The van der Waals surface area contributed by atoms with E-state index in [4.69, 9.17) is 5.73 Å². The van der Waals surface area contributed by atoms with Crippen LogP contribution >= 0.6 is 15.9 Å². The van der Waals surface area contributed by atoms with Gasteiger partial charge in [0.2, 0.25) is 5.95 Å². The number of nitrogens with two attached hydrogens (primary N) is 1. The molecular formula is C8H13BrN4O2S. The Hall–Kier alpha value is -0.890. The van der Waals surface area contributed by atoms with Gasteiger partial charge in [-0.15, -0.1) is 0 Å². The first kappa shape index (κ1) is 13.2. The van der Waals surface area contributed by atoms with Gasteiger partial charge >= 0.3 is 0 Å². The van der Waals surface area contributed by atoms with Gasteiger partial charge in [-0.3, -0.25) is 0 Å². The Balaban J connectivity index is 2.77. The van der Waals surface area contributed by atoms with Crippen LogP contribution in [-0.4, -0.2) is 36.4 Å². The summed E-state index contributed by atoms with van der Waals surface area (Å²) in [6.07, 6.45) is 2.70. The molecule has 1 unspecified atom stereocenters. The fourth-order valence-electron chi connectivity index (χ4n) is 1.21. The number of rotatable bonds is 4. The molecule has 90 valence electrons. The summed E-state index contributed by atoms with van der Waals surface area (Å²) in [5.74, 6) is 0.657. The Morgan fingerprint density at radius 1 is 1.62 bits per heavy atom. The number of nitrogens with zero attached hydrogens (tertiary/aromatic N) is 2. The highest BCUT2D eigenvalue weighted by molar-refractivity contribution is 9.10. The topological polar surface area (TPSA) is 98.0 Å². The Bertz CT molecular complexity index is 477. The fourth-order valence-corrected chi connectivity index (χ4v) is 2.51. The second kappa shape index (κ2) is 4.96. The zero-order chi connectivity index (χ0) is 12.3. The normalized spacial score (nSPS) is 13.4. The maximum Gasteiger partial charge on any atom is 0.221 e. The van der Waals surface area contributed by atoms with Crippen LogP contribution in [0.3, 0.4) is 0 Å². The number of sulfone groups is 1. The molecule has 0 spiro atoms. The van der Waals surface area contributed by atoms with Gasteiger partial charge in [0.25, 0.3) is 0 Å². The van der Waals surface area contributed by atoms with Gasteiger partial charge in [-0.1, -0.05) is 0 Å². The molecule has 0 saturated heterocycles. The summed E-state index contributed by atoms with van der Waals surface area (Å²) in [6.45, 7) is 1.76. The Labute approximate surface area is 103 Å². The summed E-state index contributed by atoms with van der Waals surface area (Å²) < 4.78 is 22.8. The van der Waals surface area contributed by atoms with Gasteiger partial charge in [-0.2, -0.15) is 4.98 Å². The molecule has 1 atom stereocenters. The second-order valence-corrected chi connectivity index (χ2v) is 6.60. The molecule has 0 saturated carbocycles. The van der Waals surface area contributed by atoms with Crippen LogP contribution in [0.2, 0.25) is 0 Å². The van der Waals surface area contributed by atoms with Crippen LogP contribution in [0.5, 0.6) is 0 Å². The number of nitrogens with one attached hydrogen (secondary N) is 1. The first-order chi connectivity index (χ1) is 7.28. The van der Waals surface area contributed by atoms with Crippen molar-refractivity contribution in [2.24, 2.45) is 0 Å². The van der Waals surface area contributed by atoms with Crippen LogP contribution in [0.1, 0.15) is 6.92 Å². The standard InChI is InChI=1S/C8H13BrN4O2S/c1-5(4-16(2,14)15)12-7-6(9)3-11-8(10)13-7/h3,5H,4H2,1-2H3,(H3,10,11,12,13). The summed E-state index contributed by atoms with van der Waals surface area (Å²) in [7, 11) is -3.02. The maximum absolute atomic E-state index is 11.1. The quantitative estimate of drug-likeness (QED) is 0.848. The van der Waals surface area contributed by atoms with Crippen LogP contribution in [0.15, 0.2) is 10.7 Å². The first-order valence-electron chi connectivity index (χ1n) is 4.50. The van der Waals surface area contributed by atoms with Crippen molar-refractivity contribution in [3.05, 3.63) is 10.7 Å². The van der Waals surface area contributed by atoms with Crippen molar-refractivity contribution >= 4 is 37.5 Å². The highest BCUT2D eigenvalue weighted by Gasteiger charge is 2.12. The van der Waals surface area contributed by atoms with Gasteiger partial charge < -0.3 is 11.1 Å². The van der Waals surface area contributed by atoms with E-state index in [1.54, 1.807) is 6.92 Å². The molecule has 1 aromatic rings. The van der Waals surface area contributed by atoms with Gasteiger partial charge in [0.15, 0.2) is 0 Å². The van der Waals surface area contributed by atoms with Crippen LogP contribution in [0.25, 0.3) is 0 Å². The molecule has 3 N–H and O–H groups in total. The average molecular weight is 309 g/mol. The van der Waals surface area contributed by atoms with E-state index in [2.05, 4.69) is 31.2 Å². The van der Waals surface area contributed by atoms with Crippen LogP contribution < -0.4 is 11.1 Å². The second-order valence-electron chi connectivity index (χ2n) is 3.56. The van der Waals surface area contributed by atoms with E-state index in [9.17, 15) is 8.42 Å². The number of hydrogen-bond donors (Lipinski definition) is 2. The number of aromatic nitrogens is 2. The minimum absolute atomic E-state index is 0.0311. The van der Waals surface area contributed by atoms with Crippen molar-refractivity contribution in [3.8, 4) is 0 Å². The molecule has 1 aromatic heterocycles. The largest absolute Gasteiger partial charge is 0.368 e. The molecule has 6 nitrogen and oxygen atoms in total. The third-order valence-electron chi connectivity index (χ3n) is 1.70. The molecule has 1 heterocycles. The smallest absolute Gasteiger partial charge is 0.221 e. The molecule has 16 heavy (non-hydrogen) atoms. The Morgan fingerprint density at radius 3 is 2.81 bits per heavy atom. The van der Waals surface area contributed by atoms with Gasteiger partial charge in [-0.25, -0.2) is 13.4 Å². The predicted octanol–water partition coefficient (Wildman–Crippen LogP) is 0.666. The Kier molecular flexibility index (Phi) is 4.09. The molecule has 0 radical (unpaired) electrons. The highest BCUT2D eigenvalue weighted by Crippen LogP contribution is 2.19. The van der Waals surface area contributed by atoms with E-state index in [1.807, 2.05) is 0 Å². The van der Waals surface area contributed by atoms with Crippen LogP contribution in [0.4, 0.5) is 11.8 Å². The van der Waals surface area contributed by atoms with Crippen molar-refractivity contribution in [1.29, 1.82) is 0 Å². The molecule has 0 aliphatic carbocycles. The SMILES string of the molecule is CC(CS(C)(=O)=O)Nc1nc(N)ncc1Br. The number of nitrogen functional groups attached to an aromatic ring is 1. The molecule has 0 amide bonds. The number of hydrogen-bond acceptors (Lipinski definition) is 6. The lowest BCUT2D eigenvalue weighted by Crippen LogP contribution is -2.25. The molecule has 0 fully saturated rings. The molecule has 0 aliphatic heterocycles. The van der Waals surface area contributed by atoms with E-state index in [0.29, 0.717) is 10.3 Å². The number of halogens is 1. The van der Waals surface area contributed by atoms with E-state index >= 15 is 0 Å². The zero-order valence-corrected chi connectivity index (χ0v) is 11.3. The minimum Gasteiger partial charge on any atom is -0.368 e. The molecule has 0 aliphatic rings. The molecule has 0 aromatic carbocycles. The lowest BCUT2D eigenvalue weighted by atomic mass is 10.4. The molecule has 0 bridgehead atoms. The summed E-state index contributed by atoms with van der Waals surface area (Å²) in [5, 5.41) is 2.95. The van der Waals surface area contributed by atoms with Crippen LogP contribution in [-0.2, 0) is 9.84 Å². The summed E-state index contributed by atoms with van der Waals surface area (Å²) in [4.78, 5) is 7.74. The lowest BCUT2D eigenvalue weighted by molar-refractivity contribution is 0.598. The summed E-state index contributed by atoms with van der Waals surface area (Å²) >= 11 is 3.25. The minimum atomic E-state index is -3.02. The van der Waals surface area contributed by atoms with Gasteiger partial charge in [0.05, 0.1) is 10.2 Å². The highest BCUT2D eigenvalue weighted by atomic mass is 79.9. The zero-order valence-electron chi connectivity index (χ0n) is 8.94. The van der Waals surface area contributed by atoms with Crippen LogP contribution in [0, 0.1) is 0 Å². The first-order valence-corrected chi connectivity index (χ1v) is 7.35. The fraction of sp³-hybridized carbons (Fsp3) is 0.500. The van der Waals surface area contributed by atoms with E-state index in [0.717, 1.165) is 0 Å². The summed E-state index contributed by atoms with van der Waals surface area (Å²) in [6, 6.07) is -0.249. The number of anilines is 2. The summed E-state index contributed by atoms with van der Waals surface area (Å²) in [5.41, 5.74) is 5.43. The van der Waals surface area contributed by atoms with Gasteiger partial charge in [0.1, 0.15) is 15.7 Å². The van der Waals surface area contributed by atoms with Gasteiger partial charge in [-0.05, 0) is 22.9 Å². The van der Waals surface area contributed by atoms with Crippen molar-refractivity contribution in [2.75, 3.05) is 23.1 Å². The van der Waals surface area contributed by atoms with Crippen molar-refractivity contribution in [3.63, 3.8) is 0 Å². The van der Waals surface area contributed by atoms with Crippen molar-refractivity contribution in [1.82, 2.24) is 9.97 Å². The predicted molar refractivity (Wildman–Crippen MR) is 66.9 cm³/mol. The third kappa shape index (κ3) is 4.31. The molecule has 1 rings (SSSR count). The van der Waals surface area contributed by atoms with E-state index < -0.39 is 9.84 Å². The molecular weight excluding hydrogens is 296 g/mol. The van der Waals surface area contributed by atoms with Crippen molar-refractivity contribution < 1.29 is 8.42 Å². The Morgan fingerprint density at radius 2 is 2.25 bits per heavy atom.